The van der Waals surface area contributed by atoms with E-state index in [1.165, 1.54) is 16.2 Å². The van der Waals surface area contributed by atoms with E-state index in [1.807, 2.05) is 13.8 Å². The van der Waals surface area contributed by atoms with Gasteiger partial charge in [-0.05, 0) is 12.8 Å². The summed E-state index contributed by atoms with van der Waals surface area (Å²) in [4.78, 5) is 6.42. The summed E-state index contributed by atoms with van der Waals surface area (Å²) >= 11 is 1.26. The standard InChI is InChI=1S/C11H18F3N3S/c1-3-5-17(7-11(12,13)14)10-16-8(4-2)9(6-15)18-10/h3-7,15H2,1-2H3. The quantitative estimate of drug-likeness (QED) is 0.871. The van der Waals surface area contributed by atoms with Gasteiger partial charge in [0.1, 0.15) is 6.54 Å². The Balaban J connectivity index is 2.94. The van der Waals surface area contributed by atoms with Gasteiger partial charge >= 0.3 is 6.18 Å². The maximum atomic E-state index is 12.5. The lowest BCUT2D eigenvalue weighted by Crippen LogP contribution is -2.34. The van der Waals surface area contributed by atoms with Crippen LogP contribution in [0.4, 0.5) is 18.3 Å². The van der Waals surface area contributed by atoms with Crippen molar-refractivity contribution in [3.05, 3.63) is 10.6 Å². The molecule has 0 unspecified atom stereocenters. The molecule has 0 aliphatic heterocycles. The zero-order valence-corrected chi connectivity index (χ0v) is 11.4. The minimum atomic E-state index is -4.21. The predicted octanol–water partition coefficient (Wildman–Crippen LogP) is 2.94. The van der Waals surface area contributed by atoms with Crippen molar-refractivity contribution in [2.24, 2.45) is 5.73 Å². The average molecular weight is 281 g/mol. The number of thiazole rings is 1. The summed E-state index contributed by atoms with van der Waals surface area (Å²) in [5.74, 6) is 0. The van der Waals surface area contributed by atoms with Crippen molar-refractivity contribution in [3.8, 4) is 0 Å². The van der Waals surface area contributed by atoms with Gasteiger partial charge < -0.3 is 10.6 Å². The molecule has 0 aliphatic carbocycles. The first-order valence-corrected chi connectivity index (χ1v) is 6.73. The maximum Gasteiger partial charge on any atom is 0.406 e. The molecule has 0 aromatic carbocycles. The lowest BCUT2D eigenvalue weighted by Gasteiger charge is -2.22. The van der Waals surface area contributed by atoms with Gasteiger partial charge in [0, 0.05) is 18.0 Å². The molecule has 0 spiro atoms. The number of aromatic nitrogens is 1. The van der Waals surface area contributed by atoms with Crippen molar-refractivity contribution >= 4 is 16.5 Å². The highest BCUT2D eigenvalue weighted by atomic mass is 32.1. The highest BCUT2D eigenvalue weighted by Gasteiger charge is 2.32. The van der Waals surface area contributed by atoms with Gasteiger partial charge in [-0.3, -0.25) is 0 Å². The topological polar surface area (TPSA) is 42.2 Å². The third-order valence-corrected chi connectivity index (χ3v) is 3.60. The Morgan fingerprint density at radius 3 is 2.39 bits per heavy atom. The van der Waals surface area contributed by atoms with E-state index >= 15 is 0 Å². The lowest BCUT2D eigenvalue weighted by molar-refractivity contribution is -0.119. The number of halogens is 3. The van der Waals surface area contributed by atoms with E-state index in [9.17, 15) is 13.2 Å². The summed E-state index contributed by atoms with van der Waals surface area (Å²) in [6.45, 7) is 3.49. The van der Waals surface area contributed by atoms with E-state index in [1.54, 1.807) is 0 Å². The Hall–Kier alpha value is -0.820. The van der Waals surface area contributed by atoms with E-state index in [2.05, 4.69) is 4.98 Å². The number of hydrogen-bond acceptors (Lipinski definition) is 4. The van der Waals surface area contributed by atoms with Crippen LogP contribution in [-0.2, 0) is 13.0 Å². The Labute approximate surface area is 109 Å². The smallest absolute Gasteiger partial charge is 0.339 e. The highest BCUT2D eigenvalue weighted by Crippen LogP contribution is 2.29. The molecular weight excluding hydrogens is 263 g/mol. The SMILES string of the molecule is CCCN(CC(F)(F)F)c1nc(CC)c(CN)s1. The van der Waals surface area contributed by atoms with E-state index in [-0.39, 0.29) is 0 Å². The van der Waals surface area contributed by atoms with Crippen molar-refractivity contribution in [1.29, 1.82) is 0 Å². The first-order chi connectivity index (χ1) is 8.41. The monoisotopic (exact) mass is 281 g/mol. The van der Waals surface area contributed by atoms with E-state index in [4.69, 9.17) is 5.73 Å². The predicted molar refractivity (Wildman–Crippen MR) is 67.9 cm³/mol. The van der Waals surface area contributed by atoms with Crippen molar-refractivity contribution < 1.29 is 13.2 Å². The van der Waals surface area contributed by atoms with Gasteiger partial charge in [-0.2, -0.15) is 13.2 Å². The van der Waals surface area contributed by atoms with Crippen molar-refractivity contribution in [1.82, 2.24) is 4.98 Å². The van der Waals surface area contributed by atoms with Gasteiger partial charge in [0.05, 0.1) is 5.69 Å². The largest absolute Gasteiger partial charge is 0.406 e. The lowest BCUT2D eigenvalue weighted by atomic mass is 10.3. The van der Waals surface area contributed by atoms with Crippen LogP contribution in [0, 0.1) is 0 Å². The first-order valence-electron chi connectivity index (χ1n) is 5.91. The molecule has 1 heterocycles. The molecule has 104 valence electrons. The number of rotatable bonds is 6. The van der Waals surface area contributed by atoms with E-state index < -0.39 is 12.7 Å². The zero-order valence-electron chi connectivity index (χ0n) is 10.5. The van der Waals surface area contributed by atoms with Crippen LogP contribution >= 0.6 is 11.3 Å². The molecule has 0 atom stereocenters. The van der Waals surface area contributed by atoms with Gasteiger partial charge in [0.15, 0.2) is 5.13 Å². The van der Waals surface area contributed by atoms with Gasteiger partial charge in [-0.1, -0.05) is 13.8 Å². The molecule has 0 fully saturated rings. The second-order valence-electron chi connectivity index (χ2n) is 3.96. The van der Waals surface area contributed by atoms with Gasteiger partial charge in [0.2, 0.25) is 0 Å². The summed E-state index contributed by atoms with van der Waals surface area (Å²) in [5.41, 5.74) is 6.38. The van der Waals surface area contributed by atoms with Crippen LogP contribution in [0.1, 0.15) is 30.8 Å². The molecule has 1 aromatic heterocycles. The van der Waals surface area contributed by atoms with Gasteiger partial charge in [0.25, 0.3) is 0 Å². The fraction of sp³-hybridized carbons (Fsp3) is 0.727. The van der Waals surface area contributed by atoms with Crippen LogP contribution in [0.3, 0.4) is 0 Å². The highest BCUT2D eigenvalue weighted by molar-refractivity contribution is 7.15. The van der Waals surface area contributed by atoms with Crippen LogP contribution < -0.4 is 10.6 Å². The second-order valence-corrected chi connectivity index (χ2v) is 5.02. The third kappa shape index (κ3) is 4.13. The molecule has 0 amide bonds. The molecule has 18 heavy (non-hydrogen) atoms. The van der Waals surface area contributed by atoms with Crippen molar-refractivity contribution in [2.45, 2.75) is 39.4 Å². The van der Waals surface area contributed by atoms with Crippen LogP contribution in [0.2, 0.25) is 0 Å². The molecule has 0 saturated carbocycles. The van der Waals surface area contributed by atoms with Crippen LogP contribution in [0.25, 0.3) is 0 Å². The van der Waals surface area contributed by atoms with Crippen LogP contribution in [0.5, 0.6) is 0 Å². The molecular formula is C11H18F3N3S. The van der Waals surface area contributed by atoms with Gasteiger partial charge in [-0.25, -0.2) is 4.98 Å². The number of aryl methyl sites for hydroxylation is 1. The summed E-state index contributed by atoms with van der Waals surface area (Å²) in [7, 11) is 0. The molecule has 0 radical (unpaired) electrons. The molecule has 3 nitrogen and oxygen atoms in total. The fourth-order valence-electron chi connectivity index (χ4n) is 1.67. The van der Waals surface area contributed by atoms with E-state index in [0.29, 0.717) is 31.1 Å². The summed E-state index contributed by atoms with van der Waals surface area (Å²) < 4.78 is 37.5. The number of anilines is 1. The molecule has 2 N–H and O–H groups in total. The third-order valence-electron chi connectivity index (χ3n) is 2.42. The minimum Gasteiger partial charge on any atom is -0.339 e. The normalized spacial score (nSPS) is 11.9. The van der Waals surface area contributed by atoms with Crippen molar-refractivity contribution in [3.63, 3.8) is 0 Å². The molecule has 7 heteroatoms. The molecule has 1 rings (SSSR count). The Morgan fingerprint density at radius 2 is 2.00 bits per heavy atom. The summed E-state index contributed by atoms with van der Waals surface area (Å²) in [6, 6.07) is 0. The number of nitrogens with zero attached hydrogens (tertiary/aromatic N) is 2. The molecule has 1 aromatic rings. The van der Waals surface area contributed by atoms with Crippen molar-refractivity contribution in [2.75, 3.05) is 18.0 Å². The Bertz CT molecular complexity index is 355. The first kappa shape index (κ1) is 15.2. The average Bonchev–Trinajstić information content (AvgIpc) is 2.69. The molecule has 0 aliphatic rings. The molecule has 0 bridgehead atoms. The minimum absolute atomic E-state index is 0.326. The Morgan fingerprint density at radius 1 is 1.33 bits per heavy atom. The van der Waals surface area contributed by atoms with E-state index in [0.717, 1.165) is 10.6 Å². The number of alkyl halides is 3. The van der Waals surface area contributed by atoms with Gasteiger partial charge in [-0.15, -0.1) is 11.3 Å². The Kier molecular flexibility index (Phi) is 5.40. The number of nitrogens with two attached hydrogens (primary N) is 1. The zero-order chi connectivity index (χ0) is 13.8. The maximum absolute atomic E-state index is 12.5. The summed E-state index contributed by atoms with van der Waals surface area (Å²) in [5, 5.41) is 0.423. The number of hydrogen-bond donors (Lipinski definition) is 1. The van der Waals surface area contributed by atoms with Crippen LogP contribution in [-0.4, -0.2) is 24.2 Å². The molecule has 0 saturated heterocycles. The van der Waals surface area contributed by atoms with Crippen LogP contribution in [0.15, 0.2) is 0 Å². The fourth-order valence-corrected chi connectivity index (χ4v) is 2.72. The second kappa shape index (κ2) is 6.38. The summed E-state index contributed by atoms with van der Waals surface area (Å²) in [6.07, 6.45) is -2.87.